The van der Waals surface area contributed by atoms with Gasteiger partial charge in [-0.15, -0.1) is 0 Å². The van der Waals surface area contributed by atoms with Gasteiger partial charge in [0.05, 0.1) is 30.3 Å². The van der Waals surface area contributed by atoms with Crippen molar-refractivity contribution in [1.82, 2.24) is 14.5 Å². The molecule has 0 atom stereocenters. The molecular weight excluding hydrogens is 310 g/mol. The van der Waals surface area contributed by atoms with Gasteiger partial charge in [0.15, 0.2) is 0 Å². The number of aromatic amines is 1. The maximum Gasteiger partial charge on any atom is 0.326 e. The van der Waals surface area contributed by atoms with Crippen LogP contribution in [0.25, 0.3) is 11.0 Å². The van der Waals surface area contributed by atoms with Crippen molar-refractivity contribution in [3.05, 3.63) is 34.2 Å². The number of imidazole rings is 1. The zero-order chi connectivity index (χ0) is 17.1. The van der Waals surface area contributed by atoms with Gasteiger partial charge in [-0.05, 0) is 38.0 Å². The highest BCUT2D eigenvalue weighted by Crippen LogP contribution is 2.17. The van der Waals surface area contributed by atoms with Crippen LogP contribution in [-0.2, 0) is 11.3 Å². The Balaban J connectivity index is 1.81. The van der Waals surface area contributed by atoms with Crippen LogP contribution in [0.1, 0.15) is 30.1 Å². The normalized spacial score (nSPS) is 16.0. The number of carbonyl (C=O) groups is 1. The zero-order valence-corrected chi connectivity index (χ0v) is 13.8. The number of ether oxygens (including phenoxy) is 1. The molecule has 24 heavy (non-hydrogen) atoms. The molecule has 1 aromatic heterocycles. The minimum absolute atomic E-state index is 0.0632. The van der Waals surface area contributed by atoms with Gasteiger partial charge < -0.3 is 19.7 Å². The van der Waals surface area contributed by atoms with Crippen LogP contribution in [0.3, 0.4) is 0 Å². The third kappa shape index (κ3) is 3.37. The number of aromatic nitrogens is 2. The standard InChI is InChI=1S/C17H23N3O4/c1-2-24-10-9-20-15-4-3-12(11-14(15)18-17(20)23)16(22)19-7-5-13(21)6-8-19/h3-4,11,13,21H,2,5-10H2,1H3,(H,18,23). The first-order chi connectivity index (χ1) is 11.6. The predicted octanol–water partition coefficient (Wildman–Crippen LogP) is 0.963. The lowest BCUT2D eigenvalue weighted by molar-refractivity contribution is 0.0546. The number of hydrogen-bond donors (Lipinski definition) is 2. The number of fused-ring (bicyclic) bond motifs is 1. The summed E-state index contributed by atoms with van der Waals surface area (Å²) in [6.07, 6.45) is 0.907. The molecule has 2 N–H and O–H groups in total. The molecule has 2 aromatic rings. The van der Waals surface area contributed by atoms with E-state index in [1.165, 1.54) is 0 Å². The summed E-state index contributed by atoms with van der Waals surface area (Å²) in [5.41, 5.74) is 1.78. The largest absolute Gasteiger partial charge is 0.393 e. The summed E-state index contributed by atoms with van der Waals surface area (Å²) < 4.78 is 6.93. The lowest BCUT2D eigenvalue weighted by Crippen LogP contribution is -2.40. The van der Waals surface area contributed by atoms with Crippen molar-refractivity contribution in [2.24, 2.45) is 0 Å². The third-order valence-electron chi connectivity index (χ3n) is 4.44. The average molecular weight is 333 g/mol. The van der Waals surface area contributed by atoms with Crippen LogP contribution in [0.5, 0.6) is 0 Å². The summed E-state index contributed by atoms with van der Waals surface area (Å²) >= 11 is 0. The SMILES string of the molecule is CCOCCn1c(=O)[nH]c2cc(C(=O)N3CCC(O)CC3)ccc21. The first-order valence-corrected chi connectivity index (χ1v) is 8.37. The molecule has 1 aliphatic rings. The Hall–Kier alpha value is -2.12. The van der Waals surface area contributed by atoms with Crippen molar-refractivity contribution >= 4 is 16.9 Å². The number of H-pyrrole nitrogens is 1. The number of benzene rings is 1. The van der Waals surface area contributed by atoms with Crippen LogP contribution in [0.2, 0.25) is 0 Å². The summed E-state index contributed by atoms with van der Waals surface area (Å²) in [5, 5.41) is 9.55. The maximum absolute atomic E-state index is 12.6. The molecule has 7 heteroatoms. The van der Waals surface area contributed by atoms with E-state index in [0.717, 1.165) is 5.52 Å². The van der Waals surface area contributed by atoms with Crippen LogP contribution in [-0.4, -0.2) is 57.9 Å². The summed E-state index contributed by atoms with van der Waals surface area (Å²) in [7, 11) is 0. The van der Waals surface area contributed by atoms with Gasteiger partial charge in [-0.2, -0.15) is 0 Å². The molecule has 1 aliphatic heterocycles. The van der Waals surface area contributed by atoms with E-state index in [4.69, 9.17) is 4.74 Å². The van der Waals surface area contributed by atoms with Gasteiger partial charge in [0, 0.05) is 25.3 Å². The van der Waals surface area contributed by atoms with Crippen molar-refractivity contribution in [3.63, 3.8) is 0 Å². The number of rotatable bonds is 5. The number of hydrogen-bond acceptors (Lipinski definition) is 4. The van der Waals surface area contributed by atoms with E-state index in [9.17, 15) is 14.7 Å². The minimum Gasteiger partial charge on any atom is -0.393 e. The predicted molar refractivity (Wildman–Crippen MR) is 90.2 cm³/mol. The Morgan fingerprint density at radius 3 is 2.83 bits per heavy atom. The van der Waals surface area contributed by atoms with Gasteiger partial charge >= 0.3 is 5.69 Å². The Bertz CT molecular complexity index is 772. The second kappa shape index (κ2) is 7.19. The smallest absolute Gasteiger partial charge is 0.326 e. The van der Waals surface area contributed by atoms with Crippen molar-refractivity contribution in [2.45, 2.75) is 32.4 Å². The molecule has 7 nitrogen and oxygen atoms in total. The van der Waals surface area contributed by atoms with E-state index in [2.05, 4.69) is 4.98 Å². The zero-order valence-electron chi connectivity index (χ0n) is 13.8. The fraction of sp³-hybridized carbons (Fsp3) is 0.529. The van der Waals surface area contributed by atoms with Crippen LogP contribution in [0.4, 0.5) is 0 Å². The highest BCUT2D eigenvalue weighted by molar-refractivity contribution is 5.97. The van der Waals surface area contributed by atoms with E-state index in [1.807, 2.05) is 6.92 Å². The molecule has 2 heterocycles. The fourth-order valence-corrected chi connectivity index (χ4v) is 3.07. The molecule has 0 aliphatic carbocycles. The average Bonchev–Trinajstić information content (AvgIpc) is 2.90. The third-order valence-corrected chi connectivity index (χ3v) is 4.44. The lowest BCUT2D eigenvalue weighted by Gasteiger charge is -2.29. The number of nitrogens with one attached hydrogen (secondary N) is 1. The molecule has 3 rings (SSSR count). The number of amides is 1. The highest BCUT2D eigenvalue weighted by Gasteiger charge is 2.22. The molecule has 0 unspecified atom stereocenters. The van der Waals surface area contributed by atoms with Gasteiger partial charge in [-0.1, -0.05) is 0 Å². The van der Waals surface area contributed by atoms with Crippen molar-refractivity contribution in [1.29, 1.82) is 0 Å². The van der Waals surface area contributed by atoms with E-state index >= 15 is 0 Å². The van der Waals surface area contributed by atoms with Crippen LogP contribution >= 0.6 is 0 Å². The molecule has 1 fully saturated rings. The van der Waals surface area contributed by atoms with Crippen LogP contribution in [0, 0.1) is 0 Å². The molecule has 0 saturated carbocycles. The molecular formula is C17H23N3O4. The Kier molecular flexibility index (Phi) is 5.01. The molecule has 1 saturated heterocycles. The molecule has 0 spiro atoms. The molecule has 1 aromatic carbocycles. The van der Waals surface area contributed by atoms with E-state index in [1.54, 1.807) is 27.7 Å². The van der Waals surface area contributed by atoms with Crippen molar-refractivity contribution in [2.75, 3.05) is 26.3 Å². The van der Waals surface area contributed by atoms with E-state index in [0.29, 0.717) is 56.8 Å². The summed E-state index contributed by atoms with van der Waals surface area (Å²) in [6.45, 7) is 4.59. The second-order valence-electron chi connectivity index (χ2n) is 6.03. The molecule has 0 radical (unpaired) electrons. The number of piperidine rings is 1. The van der Waals surface area contributed by atoms with Gasteiger partial charge in [-0.25, -0.2) is 4.79 Å². The van der Waals surface area contributed by atoms with Gasteiger partial charge in [0.1, 0.15) is 0 Å². The highest BCUT2D eigenvalue weighted by atomic mass is 16.5. The number of likely N-dealkylation sites (tertiary alicyclic amines) is 1. The van der Waals surface area contributed by atoms with Gasteiger partial charge in [0.25, 0.3) is 5.91 Å². The number of aliphatic hydroxyl groups is 1. The Morgan fingerprint density at radius 1 is 1.38 bits per heavy atom. The second-order valence-corrected chi connectivity index (χ2v) is 6.03. The molecule has 1 amide bonds. The monoisotopic (exact) mass is 333 g/mol. The topological polar surface area (TPSA) is 87.6 Å². The fourth-order valence-electron chi connectivity index (χ4n) is 3.07. The summed E-state index contributed by atoms with van der Waals surface area (Å²) in [5.74, 6) is -0.0632. The van der Waals surface area contributed by atoms with Gasteiger partial charge in [0.2, 0.25) is 0 Å². The number of carbonyl (C=O) groups excluding carboxylic acids is 1. The minimum atomic E-state index is -0.313. The first-order valence-electron chi connectivity index (χ1n) is 8.37. The van der Waals surface area contributed by atoms with Gasteiger partial charge in [-0.3, -0.25) is 9.36 Å². The van der Waals surface area contributed by atoms with E-state index in [-0.39, 0.29) is 17.7 Å². The quantitative estimate of drug-likeness (QED) is 0.798. The molecule has 130 valence electrons. The summed E-state index contributed by atoms with van der Waals surface area (Å²) in [6, 6.07) is 5.27. The lowest BCUT2D eigenvalue weighted by atomic mass is 10.1. The Labute approximate surface area is 139 Å². The Morgan fingerprint density at radius 2 is 2.12 bits per heavy atom. The van der Waals surface area contributed by atoms with Crippen molar-refractivity contribution in [3.8, 4) is 0 Å². The summed E-state index contributed by atoms with van der Waals surface area (Å²) in [4.78, 5) is 29.2. The van der Waals surface area contributed by atoms with E-state index < -0.39 is 0 Å². The maximum atomic E-state index is 12.6. The first kappa shape index (κ1) is 16.7. The number of aliphatic hydroxyl groups excluding tert-OH is 1. The van der Waals surface area contributed by atoms with Crippen LogP contribution in [0.15, 0.2) is 23.0 Å². The number of nitrogens with zero attached hydrogens (tertiary/aromatic N) is 2. The molecule has 0 bridgehead atoms. The van der Waals surface area contributed by atoms with Crippen molar-refractivity contribution < 1.29 is 14.6 Å². The van der Waals surface area contributed by atoms with Crippen LogP contribution < -0.4 is 5.69 Å².